The van der Waals surface area contributed by atoms with Gasteiger partial charge in [-0.05, 0) is 165 Å². The van der Waals surface area contributed by atoms with Crippen LogP contribution in [0.25, 0.3) is 41.1 Å². The fourth-order valence-corrected chi connectivity index (χ4v) is 9.44. The van der Waals surface area contributed by atoms with Crippen LogP contribution in [0.1, 0.15) is 52.6 Å². The zero-order valence-corrected chi connectivity index (χ0v) is 39.8. The van der Waals surface area contributed by atoms with Gasteiger partial charge >= 0.3 is 5.97 Å². The number of aliphatic hydroxyl groups excluding tert-OH is 1. The zero-order valence-electron chi connectivity index (χ0n) is 38.2. The highest BCUT2D eigenvalue weighted by Gasteiger charge is 2.25. The molecule has 11 nitrogen and oxygen atoms in total. The van der Waals surface area contributed by atoms with E-state index in [0.717, 1.165) is 64.1 Å². The number of fused-ring (bicyclic) bond motifs is 2. The average molecular weight is 939 g/mol. The van der Waals surface area contributed by atoms with Gasteiger partial charge < -0.3 is 38.3 Å². The van der Waals surface area contributed by atoms with E-state index < -0.39 is 5.41 Å². The molecule has 0 bridgehead atoms. The van der Waals surface area contributed by atoms with Crippen LogP contribution in [0.4, 0.5) is 0 Å². The molecule has 0 saturated carbocycles. The summed E-state index contributed by atoms with van der Waals surface area (Å²) in [5.41, 5.74) is 3.68. The molecule has 67 heavy (non-hydrogen) atoms. The first-order valence-corrected chi connectivity index (χ1v) is 22.8. The summed E-state index contributed by atoms with van der Waals surface area (Å²) in [5, 5.41) is 10.7. The van der Waals surface area contributed by atoms with Crippen LogP contribution >= 0.6 is 22.7 Å². The number of methoxy groups -OCH3 is 4. The van der Waals surface area contributed by atoms with Crippen molar-refractivity contribution in [3.05, 3.63) is 156 Å². The number of benzene rings is 6. The lowest BCUT2D eigenvalue weighted by Crippen LogP contribution is -2.24. The Labute approximate surface area is 397 Å². The predicted octanol–water partition coefficient (Wildman–Crippen LogP) is 11.9. The number of thiophene rings is 2. The monoisotopic (exact) mass is 938 g/mol. The fraction of sp³-hybridized carbons (Fsp3) is 0.204. The van der Waals surface area contributed by atoms with E-state index in [1.165, 1.54) is 0 Å². The van der Waals surface area contributed by atoms with E-state index in [0.29, 0.717) is 33.8 Å². The Bertz CT molecular complexity index is 2980. The van der Waals surface area contributed by atoms with Crippen molar-refractivity contribution < 1.29 is 52.6 Å². The van der Waals surface area contributed by atoms with Crippen LogP contribution in [0.2, 0.25) is 0 Å². The minimum atomic E-state index is -0.603. The largest absolute Gasteiger partial charge is 0.497 e. The van der Waals surface area contributed by atoms with E-state index in [1.807, 2.05) is 84.9 Å². The van der Waals surface area contributed by atoms with Crippen LogP contribution in [0.15, 0.2) is 133 Å². The van der Waals surface area contributed by atoms with Crippen LogP contribution < -0.4 is 28.4 Å². The van der Waals surface area contributed by atoms with Crippen molar-refractivity contribution >= 4 is 60.4 Å². The molecule has 0 atom stereocenters. The van der Waals surface area contributed by atoms with Crippen molar-refractivity contribution in [3.63, 3.8) is 0 Å². The number of esters is 1. The molecule has 6 aromatic carbocycles. The normalized spacial score (nSPS) is 11.0. The van der Waals surface area contributed by atoms with Gasteiger partial charge in [-0.2, -0.15) is 0 Å². The molecule has 13 heteroatoms. The summed E-state index contributed by atoms with van der Waals surface area (Å²) >= 11 is 3.11. The Morgan fingerprint density at radius 2 is 0.866 bits per heavy atom. The van der Waals surface area contributed by atoms with Crippen molar-refractivity contribution in [3.8, 4) is 55.4 Å². The smallest absolute Gasteiger partial charge is 0.314 e. The van der Waals surface area contributed by atoms with Crippen LogP contribution in [-0.2, 0) is 9.53 Å². The minimum Gasteiger partial charge on any atom is -0.497 e. The summed E-state index contributed by atoms with van der Waals surface area (Å²) in [6.45, 7) is 5.30. The van der Waals surface area contributed by atoms with Gasteiger partial charge in [-0.3, -0.25) is 14.4 Å². The van der Waals surface area contributed by atoms with Crippen molar-refractivity contribution in [1.82, 2.24) is 0 Å². The number of carbonyl (C=O) groups excluding carboxylic acids is 3. The predicted molar refractivity (Wildman–Crippen MR) is 264 cm³/mol. The number of carbonyl (C=O) groups is 3. The van der Waals surface area contributed by atoms with Crippen molar-refractivity contribution in [2.45, 2.75) is 20.8 Å². The Hall–Kier alpha value is -7.19. The van der Waals surface area contributed by atoms with Crippen LogP contribution in [0, 0.1) is 5.41 Å². The van der Waals surface area contributed by atoms with Crippen molar-refractivity contribution in [1.29, 1.82) is 0 Å². The molecule has 0 aliphatic carbocycles. The number of aliphatic hydroxyl groups is 1. The van der Waals surface area contributed by atoms with Crippen LogP contribution in [0.3, 0.4) is 0 Å². The van der Waals surface area contributed by atoms with Gasteiger partial charge in [-0.15, -0.1) is 22.7 Å². The Morgan fingerprint density at radius 3 is 1.24 bits per heavy atom. The quantitative estimate of drug-likeness (QED) is 0.0563. The van der Waals surface area contributed by atoms with E-state index >= 15 is 0 Å². The van der Waals surface area contributed by atoms with Gasteiger partial charge in [0.05, 0.1) is 40.5 Å². The molecule has 2 aromatic heterocycles. The fourth-order valence-electron chi connectivity index (χ4n) is 6.97. The first-order valence-electron chi connectivity index (χ1n) is 21.2. The van der Waals surface area contributed by atoms with Crippen LogP contribution in [0.5, 0.6) is 34.5 Å². The molecule has 0 radical (unpaired) electrons. The average Bonchev–Trinajstić information content (AvgIpc) is 3.94. The maximum Gasteiger partial charge on any atom is 0.314 e. The molecule has 8 rings (SSSR count). The molecule has 8 aromatic rings. The minimum absolute atomic E-state index is 0.0593. The number of hydrogen-bond acceptors (Lipinski definition) is 13. The lowest BCUT2D eigenvalue weighted by Gasteiger charge is -2.16. The molecule has 1 N–H and O–H groups in total. The first-order chi connectivity index (χ1) is 32.3. The maximum atomic E-state index is 13.8. The third-order valence-electron chi connectivity index (χ3n) is 10.6. The summed E-state index contributed by atoms with van der Waals surface area (Å²) in [6.07, 6.45) is 0. The molecule has 0 fully saturated rings. The lowest BCUT2D eigenvalue weighted by atomic mass is 9.97. The molecule has 0 saturated heterocycles. The topological polar surface area (TPSA) is 136 Å². The summed E-state index contributed by atoms with van der Waals surface area (Å²) in [5.74, 6) is 3.61. The first kappa shape index (κ1) is 47.8. The molecular weight excluding hydrogens is 889 g/mol. The van der Waals surface area contributed by atoms with Crippen LogP contribution in [-0.4, -0.2) is 71.1 Å². The standard InChI is InChI=1S/C29H28O6S.C25H22O5S/c1-29(2,3)28(31)35-17-34-21-12-6-18(7-13-21)26(30)25-23-15-14-22(33-5)16-24(23)36-27(25)19-8-10-20(32-4)11-9-19;1-28-18-7-5-17(6-8-18)25-23(21-12-11-20(29-2)15-22(21)31-25)24(27)16-3-9-19(10-4-16)30-14-13-26/h6-16H,17H2,1-5H3;3-12,15,26H,13-14H2,1-2H3. The van der Waals surface area contributed by atoms with Crippen molar-refractivity contribution in [2.75, 3.05) is 48.4 Å². The van der Waals surface area contributed by atoms with Gasteiger partial charge in [0.15, 0.2) is 11.6 Å². The molecule has 344 valence electrons. The highest BCUT2D eigenvalue weighted by atomic mass is 32.1. The highest BCUT2D eigenvalue weighted by molar-refractivity contribution is 7.23. The van der Waals surface area contributed by atoms with Crippen molar-refractivity contribution in [2.24, 2.45) is 5.41 Å². The Balaban J connectivity index is 0.000000201. The number of rotatable bonds is 16. The van der Waals surface area contributed by atoms with E-state index in [1.54, 1.807) is 120 Å². The second-order valence-corrected chi connectivity index (χ2v) is 18.1. The second kappa shape index (κ2) is 21.4. The number of ketones is 2. The molecule has 0 spiro atoms. The summed E-state index contributed by atoms with van der Waals surface area (Å²) < 4.78 is 39.4. The van der Waals surface area contributed by atoms with E-state index in [4.69, 9.17) is 38.3 Å². The Morgan fingerprint density at radius 1 is 0.493 bits per heavy atom. The SMILES string of the molecule is COc1ccc(-c2sc3cc(OC)ccc3c2C(=O)c2ccc(OCCO)cc2)cc1.COc1ccc(-c2sc3cc(OC)ccc3c2C(=O)c2ccc(OCOC(=O)C(C)(C)C)cc2)cc1. The number of hydrogen-bond donors (Lipinski definition) is 1. The Kier molecular flexibility index (Phi) is 15.3. The zero-order chi connectivity index (χ0) is 47.7. The third kappa shape index (κ3) is 11.1. The van der Waals surface area contributed by atoms with E-state index in [9.17, 15) is 14.4 Å². The molecule has 0 aliphatic heterocycles. The van der Waals surface area contributed by atoms with Gasteiger partial charge in [0, 0.05) is 52.2 Å². The lowest BCUT2D eigenvalue weighted by molar-refractivity contribution is -0.159. The molecular formula is C54H50O11S2. The molecule has 0 aliphatic rings. The second-order valence-electron chi connectivity index (χ2n) is 16.0. The molecule has 2 heterocycles. The summed E-state index contributed by atoms with van der Waals surface area (Å²) in [7, 11) is 6.51. The van der Waals surface area contributed by atoms with E-state index in [2.05, 4.69) is 0 Å². The number of ether oxygens (including phenoxy) is 7. The van der Waals surface area contributed by atoms with Gasteiger partial charge in [-0.25, -0.2) is 0 Å². The van der Waals surface area contributed by atoms with Gasteiger partial charge in [-0.1, -0.05) is 0 Å². The summed E-state index contributed by atoms with van der Waals surface area (Å²) in [6, 6.07) is 40.7. The van der Waals surface area contributed by atoms with Gasteiger partial charge in [0.25, 0.3) is 0 Å². The third-order valence-corrected chi connectivity index (χ3v) is 13.0. The highest BCUT2D eigenvalue weighted by Crippen LogP contribution is 2.43. The molecule has 0 amide bonds. The molecule has 0 unspecified atom stereocenters. The maximum absolute atomic E-state index is 13.8. The summed E-state index contributed by atoms with van der Waals surface area (Å²) in [4.78, 5) is 41.0. The van der Waals surface area contributed by atoms with Gasteiger partial charge in [0.1, 0.15) is 41.1 Å². The van der Waals surface area contributed by atoms with Gasteiger partial charge in [0.2, 0.25) is 6.79 Å². The van der Waals surface area contributed by atoms with E-state index in [-0.39, 0.29) is 37.5 Å².